The Morgan fingerprint density at radius 2 is 1.79 bits per heavy atom. The number of hydrogen-bond donors (Lipinski definition) is 3. The van der Waals surface area contributed by atoms with Crippen molar-refractivity contribution in [1.29, 1.82) is 0 Å². The summed E-state index contributed by atoms with van der Waals surface area (Å²) in [5.41, 5.74) is 0.0973. The van der Waals surface area contributed by atoms with Crippen LogP contribution in [0.3, 0.4) is 0 Å². The molecular weight excluding hydrogens is 450 g/mol. The third-order valence-corrected chi connectivity index (χ3v) is 10.4. The van der Waals surface area contributed by atoms with Crippen molar-refractivity contribution >= 4 is 29.5 Å². The van der Waals surface area contributed by atoms with Gasteiger partial charge in [-0.3, -0.25) is 4.79 Å². The van der Waals surface area contributed by atoms with E-state index in [1.807, 2.05) is 17.0 Å². The van der Waals surface area contributed by atoms with Gasteiger partial charge in [-0.25, -0.2) is 9.78 Å². The van der Waals surface area contributed by atoms with E-state index < -0.39 is 17.6 Å². The number of rotatable bonds is 6. The molecule has 34 heavy (non-hydrogen) atoms. The Morgan fingerprint density at radius 3 is 2.47 bits per heavy atom. The molecule has 0 radical (unpaired) electrons. The minimum absolute atomic E-state index is 0.0692. The molecule has 3 atom stereocenters. The van der Waals surface area contributed by atoms with Gasteiger partial charge < -0.3 is 20.4 Å². The number of nitrogens with one attached hydrogen (secondary N) is 1. The largest absolute Gasteiger partial charge is 0.480 e. The number of carbonyl (C=O) groups excluding carboxylic acids is 1. The third kappa shape index (κ3) is 4.11. The normalized spacial score (nSPS) is 36.9. The highest BCUT2D eigenvalue weighted by molar-refractivity contribution is 7.99. The lowest BCUT2D eigenvalue weighted by Gasteiger charge is -2.58. The standard InChI is InChI=1S/C26H35N3O4S/c30-23(28-22-16-10-15-11-17(22)14-26(33,12-15)13-16)19-7-8-21(29-9-3-6-20(29)25(31)32)27-24(19)34-18-4-1-2-5-18/h7-8,15-18,20,22,33H,1-6,9-14H2,(H,28,30)(H,31,32)/t15?,16?,17?,20-,22?,26?/m0/s1. The van der Waals surface area contributed by atoms with Crippen molar-refractivity contribution in [3.05, 3.63) is 17.7 Å². The van der Waals surface area contributed by atoms with Gasteiger partial charge in [0.25, 0.3) is 5.91 Å². The molecule has 3 N–H and O–H groups in total. The molecule has 6 fully saturated rings. The quantitative estimate of drug-likeness (QED) is 0.563. The lowest BCUT2D eigenvalue weighted by Crippen LogP contribution is -2.61. The van der Waals surface area contributed by atoms with E-state index in [0.29, 0.717) is 47.4 Å². The number of hydrogen-bond acceptors (Lipinski definition) is 6. The van der Waals surface area contributed by atoms with Crippen LogP contribution in [-0.4, -0.2) is 56.6 Å². The third-order valence-electron chi connectivity index (χ3n) is 9.04. The highest BCUT2D eigenvalue weighted by Gasteiger charge is 2.55. The molecule has 2 unspecified atom stereocenters. The molecule has 1 amide bonds. The summed E-state index contributed by atoms with van der Waals surface area (Å²) in [7, 11) is 0. The number of thioether (sulfide) groups is 1. The molecule has 1 aliphatic heterocycles. The number of aliphatic carboxylic acids is 1. The van der Waals surface area contributed by atoms with E-state index in [1.54, 1.807) is 11.8 Å². The van der Waals surface area contributed by atoms with Gasteiger partial charge >= 0.3 is 5.97 Å². The van der Waals surface area contributed by atoms with Gasteiger partial charge in [-0.1, -0.05) is 12.8 Å². The van der Waals surface area contributed by atoms with Crippen LogP contribution in [0.2, 0.25) is 0 Å². The first-order valence-corrected chi connectivity index (χ1v) is 14.0. The molecule has 7 rings (SSSR count). The molecule has 184 valence electrons. The Labute approximate surface area is 205 Å². The molecular formula is C26H35N3O4S. The Kier molecular flexibility index (Phi) is 5.79. The predicted octanol–water partition coefficient (Wildman–Crippen LogP) is 3.84. The van der Waals surface area contributed by atoms with Crippen molar-refractivity contribution in [3.8, 4) is 0 Å². The minimum Gasteiger partial charge on any atom is -0.480 e. The Bertz CT molecular complexity index is 965. The lowest BCUT2D eigenvalue weighted by molar-refractivity contribution is -0.138. The second kappa shape index (κ2) is 8.70. The van der Waals surface area contributed by atoms with Crippen LogP contribution in [0.1, 0.15) is 81.0 Å². The van der Waals surface area contributed by atoms with Crippen molar-refractivity contribution in [2.75, 3.05) is 11.4 Å². The number of carboxylic acids is 1. The summed E-state index contributed by atoms with van der Waals surface area (Å²) in [6.45, 7) is 0.679. The number of aromatic nitrogens is 1. The molecule has 1 saturated heterocycles. The molecule has 6 aliphatic rings. The van der Waals surface area contributed by atoms with Crippen LogP contribution in [0.25, 0.3) is 0 Å². The maximum atomic E-state index is 13.6. The van der Waals surface area contributed by atoms with E-state index in [9.17, 15) is 19.8 Å². The second-order valence-electron chi connectivity index (χ2n) is 11.4. The highest BCUT2D eigenvalue weighted by Crippen LogP contribution is 2.55. The summed E-state index contributed by atoms with van der Waals surface area (Å²) in [5.74, 6) is 1.11. The van der Waals surface area contributed by atoms with Crippen molar-refractivity contribution in [1.82, 2.24) is 10.3 Å². The molecule has 1 aromatic heterocycles. The first kappa shape index (κ1) is 22.7. The highest BCUT2D eigenvalue weighted by atomic mass is 32.2. The Morgan fingerprint density at radius 1 is 1.06 bits per heavy atom. The summed E-state index contributed by atoms with van der Waals surface area (Å²) >= 11 is 1.69. The monoisotopic (exact) mass is 485 g/mol. The van der Waals surface area contributed by atoms with Crippen LogP contribution in [-0.2, 0) is 4.79 Å². The molecule has 1 aromatic rings. The fraction of sp³-hybridized carbons (Fsp3) is 0.731. The first-order chi connectivity index (χ1) is 16.4. The molecule has 2 heterocycles. The van der Waals surface area contributed by atoms with Gasteiger partial charge in [0.05, 0.1) is 11.2 Å². The summed E-state index contributed by atoms with van der Waals surface area (Å²) in [4.78, 5) is 32.1. The van der Waals surface area contributed by atoms with Crippen molar-refractivity contribution < 1.29 is 19.8 Å². The molecule has 5 aliphatic carbocycles. The average Bonchev–Trinajstić information content (AvgIpc) is 3.47. The maximum absolute atomic E-state index is 13.6. The maximum Gasteiger partial charge on any atom is 0.326 e. The summed E-state index contributed by atoms with van der Waals surface area (Å²) < 4.78 is 0. The zero-order valence-corrected chi connectivity index (χ0v) is 20.4. The number of amides is 1. The Balaban J connectivity index is 1.25. The topological polar surface area (TPSA) is 103 Å². The molecule has 0 aromatic carbocycles. The molecule has 4 bridgehead atoms. The van der Waals surface area contributed by atoms with Gasteiger partial charge in [0, 0.05) is 17.8 Å². The van der Waals surface area contributed by atoms with E-state index >= 15 is 0 Å². The van der Waals surface area contributed by atoms with Gasteiger partial charge in [0.15, 0.2) is 0 Å². The SMILES string of the molecule is O=C(NC1C2CC3CC1CC(O)(C3)C2)c1ccc(N2CCC[C@H]2C(=O)O)nc1SC1CCCC1. The summed E-state index contributed by atoms with van der Waals surface area (Å²) in [5, 5.41) is 25.1. The van der Waals surface area contributed by atoms with Crippen LogP contribution in [0, 0.1) is 17.8 Å². The van der Waals surface area contributed by atoms with Gasteiger partial charge in [0.1, 0.15) is 16.9 Å². The first-order valence-electron chi connectivity index (χ1n) is 13.1. The lowest BCUT2D eigenvalue weighted by atomic mass is 9.52. The van der Waals surface area contributed by atoms with E-state index in [0.717, 1.165) is 56.4 Å². The van der Waals surface area contributed by atoms with E-state index in [1.165, 1.54) is 12.8 Å². The fourth-order valence-corrected chi connectivity index (χ4v) is 9.08. The van der Waals surface area contributed by atoms with Gasteiger partial charge in [-0.2, -0.15) is 0 Å². The summed E-state index contributed by atoms with van der Waals surface area (Å²) in [6.07, 6.45) is 10.9. The number of pyridine rings is 1. The van der Waals surface area contributed by atoms with Crippen LogP contribution in [0.4, 0.5) is 5.82 Å². The number of carbonyl (C=O) groups is 2. The van der Waals surface area contributed by atoms with Crippen LogP contribution in [0.15, 0.2) is 17.2 Å². The van der Waals surface area contributed by atoms with Gasteiger partial charge in [-0.15, -0.1) is 11.8 Å². The van der Waals surface area contributed by atoms with Gasteiger partial charge in [-0.05, 0) is 87.7 Å². The van der Waals surface area contributed by atoms with Crippen LogP contribution < -0.4 is 10.2 Å². The van der Waals surface area contributed by atoms with E-state index in [2.05, 4.69) is 5.32 Å². The minimum atomic E-state index is -0.811. The van der Waals surface area contributed by atoms with Crippen molar-refractivity contribution in [2.24, 2.45) is 17.8 Å². The van der Waals surface area contributed by atoms with E-state index in [-0.39, 0.29) is 11.9 Å². The van der Waals surface area contributed by atoms with Crippen molar-refractivity contribution in [2.45, 2.75) is 98.6 Å². The zero-order chi connectivity index (χ0) is 23.4. The number of anilines is 1. The zero-order valence-electron chi connectivity index (χ0n) is 19.6. The average molecular weight is 486 g/mol. The van der Waals surface area contributed by atoms with Gasteiger partial charge in [0.2, 0.25) is 0 Å². The number of aliphatic hydroxyl groups is 1. The second-order valence-corrected chi connectivity index (χ2v) is 12.7. The van der Waals surface area contributed by atoms with Crippen LogP contribution >= 0.6 is 11.8 Å². The number of carboxylic acid groups (broad SMARTS) is 1. The molecule has 5 saturated carbocycles. The molecule has 8 heteroatoms. The molecule has 7 nitrogen and oxygen atoms in total. The smallest absolute Gasteiger partial charge is 0.326 e. The fourth-order valence-electron chi connectivity index (χ4n) is 7.76. The summed E-state index contributed by atoms with van der Waals surface area (Å²) in [6, 6.07) is 3.27. The van der Waals surface area contributed by atoms with Crippen LogP contribution in [0.5, 0.6) is 0 Å². The number of nitrogens with zero attached hydrogens (tertiary/aromatic N) is 2. The molecule has 0 spiro atoms. The van der Waals surface area contributed by atoms with Crippen molar-refractivity contribution in [3.63, 3.8) is 0 Å². The predicted molar refractivity (Wildman–Crippen MR) is 130 cm³/mol. The van der Waals surface area contributed by atoms with E-state index in [4.69, 9.17) is 4.98 Å². The Hall–Kier alpha value is -1.80.